The maximum Gasteiger partial charge on any atom is 0.186 e. The number of halogens is 1. The van der Waals surface area contributed by atoms with Crippen LogP contribution in [0.2, 0.25) is 0 Å². The fourth-order valence-electron chi connectivity index (χ4n) is 0.976. The standard InChI is InChI=1S/C12H9FO2S/c1-9(15)16-6-2-3-10-4-5-11(8-14)12(13)7-10/h4-5,7-8H,6H2,1H3. The molecule has 0 bridgehead atoms. The van der Waals surface area contributed by atoms with Crippen molar-refractivity contribution in [3.8, 4) is 11.8 Å². The van der Waals surface area contributed by atoms with Gasteiger partial charge < -0.3 is 0 Å². The molecule has 0 radical (unpaired) electrons. The van der Waals surface area contributed by atoms with Crippen molar-refractivity contribution >= 4 is 23.2 Å². The van der Waals surface area contributed by atoms with Gasteiger partial charge in [0.2, 0.25) is 0 Å². The summed E-state index contributed by atoms with van der Waals surface area (Å²) >= 11 is 1.10. The van der Waals surface area contributed by atoms with E-state index in [1.54, 1.807) is 6.07 Å². The average Bonchev–Trinajstić information content (AvgIpc) is 2.24. The second kappa shape index (κ2) is 6.09. The smallest absolute Gasteiger partial charge is 0.186 e. The molecule has 2 nitrogen and oxygen atoms in total. The molecule has 0 N–H and O–H groups in total. The molecule has 0 heterocycles. The molecule has 0 fully saturated rings. The lowest BCUT2D eigenvalue weighted by molar-refractivity contribution is -0.109. The topological polar surface area (TPSA) is 34.1 Å². The third kappa shape index (κ3) is 3.87. The van der Waals surface area contributed by atoms with E-state index in [1.807, 2.05) is 0 Å². The third-order valence-electron chi connectivity index (χ3n) is 1.71. The van der Waals surface area contributed by atoms with Gasteiger partial charge >= 0.3 is 0 Å². The molecule has 0 spiro atoms. The second-order valence-electron chi connectivity index (χ2n) is 2.94. The molecule has 1 rings (SSSR count). The summed E-state index contributed by atoms with van der Waals surface area (Å²) < 4.78 is 13.1. The van der Waals surface area contributed by atoms with Crippen molar-refractivity contribution in [3.05, 3.63) is 35.1 Å². The molecule has 0 aliphatic rings. The van der Waals surface area contributed by atoms with Gasteiger partial charge in [-0.05, 0) is 18.2 Å². The number of benzene rings is 1. The van der Waals surface area contributed by atoms with Gasteiger partial charge in [-0.2, -0.15) is 0 Å². The Bertz CT molecular complexity index is 472. The normalized spacial score (nSPS) is 9.12. The van der Waals surface area contributed by atoms with E-state index in [-0.39, 0.29) is 10.7 Å². The molecule has 0 aliphatic heterocycles. The highest BCUT2D eigenvalue weighted by molar-refractivity contribution is 8.13. The van der Waals surface area contributed by atoms with Crippen LogP contribution in [0.4, 0.5) is 4.39 Å². The van der Waals surface area contributed by atoms with Gasteiger partial charge in [-0.15, -0.1) is 0 Å². The molecule has 0 aromatic heterocycles. The molecular weight excluding hydrogens is 227 g/mol. The van der Waals surface area contributed by atoms with E-state index in [2.05, 4.69) is 11.8 Å². The first kappa shape index (κ1) is 12.5. The number of rotatable bonds is 2. The maximum atomic E-state index is 13.1. The van der Waals surface area contributed by atoms with E-state index < -0.39 is 5.82 Å². The van der Waals surface area contributed by atoms with Crippen LogP contribution in [0.5, 0.6) is 0 Å². The largest absolute Gasteiger partial charge is 0.298 e. The Morgan fingerprint density at radius 1 is 1.56 bits per heavy atom. The zero-order valence-corrected chi connectivity index (χ0v) is 9.44. The fourth-order valence-corrected chi connectivity index (χ4v) is 1.32. The van der Waals surface area contributed by atoms with E-state index in [0.717, 1.165) is 11.8 Å². The summed E-state index contributed by atoms with van der Waals surface area (Å²) in [7, 11) is 0. The van der Waals surface area contributed by atoms with Crippen molar-refractivity contribution in [2.24, 2.45) is 0 Å². The molecule has 0 saturated carbocycles. The van der Waals surface area contributed by atoms with Gasteiger partial charge in [-0.3, -0.25) is 9.59 Å². The van der Waals surface area contributed by atoms with Gasteiger partial charge in [-0.25, -0.2) is 4.39 Å². The van der Waals surface area contributed by atoms with Crippen LogP contribution in [0.25, 0.3) is 0 Å². The highest BCUT2D eigenvalue weighted by Gasteiger charge is 2.00. The third-order valence-corrected chi connectivity index (χ3v) is 2.40. The predicted octanol–water partition coefficient (Wildman–Crippen LogP) is 2.27. The van der Waals surface area contributed by atoms with Gasteiger partial charge in [-0.1, -0.05) is 23.6 Å². The van der Waals surface area contributed by atoms with Gasteiger partial charge in [0.15, 0.2) is 11.4 Å². The highest BCUT2D eigenvalue weighted by Crippen LogP contribution is 2.07. The predicted molar refractivity (Wildman–Crippen MR) is 61.8 cm³/mol. The molecule has 4 heteroatoms. The molecule has 0 amide bonds. The number of carbonyl (C=O) groups excluding carboxylic acids is 2. The minimum Gasteiger partial charge on any atom is -0.298 e. The molecular formula is C12H9FO2S. The van der Waals surface area contributed by atoms with Crippen LogP contribution in [0, 0.1) is 17.7 Å². The van der Waals surface area contributed by atoms with Crippen molar-refractivity contribution in [2.75, 3.05) is 5.75 Å². The summed E-state index contributed by atoms with van der Waals surface area (Å²) in [6, 6.07) is 4.15. The van der Waals surface area contributed by atoms with Crippen LogP contribution in [-0.4, -0.2) is 17.2 Å². The monoisotopic (exact) mass is 236 g/mol. The molecule has 0 aliphatic carbocycles. The summed E-state index contributed by atoms with van der Waals surface area (Å²) in [6.07, 6.45) is 0.456. The van der Waals surface area contributed by atoms with Gasteiger partial charge in [0.1, 0.15) is 5.82 Å². The highest BCUT2D eigenvalue weighted by atomic mass is 32.2. The molecule has 0 unspecified atom stereocenters. The summed E-state index contributed by atoms with van der Waals surface area (Å²) in [5.41, 5.74) is 0.510. The van der Waals surface area contributed by atoms with Crippen molar-refractivity contribution in [1.82, 2.24) is 0 Å². The lowest BCUT2D eigenvalue weighted by Gasteiger charge is -1.94. The first-order valence-corrected chi connectivity index (χ1v) is 5.49. The summed E-state index contributed by atoms with van der Waals surface area (Å²) in [6.45, 7) is 1.46. The van der Waals surface area contributed by atoms with Crippen molar-refractivity contribution in [1.29, 1.82) is 0 Å². The van der Waals surface area contributed by atoms with Crippen LogP contribution in [0.1, 0.15) is 22.8 Å². The lowest BCUT2D eigenvalue weighted by Crippen LogP contribution is -1.88. The van der Waals surface area contributed by atoms with Crippen LogP contribution < -0.4 is 0 Å². The molecule has 1 aromatic rings. The molecule has 82 valence electrons. The van der Waals surface area contributed by atoms with E-state index in [9.17, 15) is 14.0 Å². The SMILES string of the molecule is CC(=O)SCC#Cc1ccc(C=O)c(F)c1. The number of thioether (sulfide) groups is 1. The minimum atomic E-state index is -0.582. The van der Waals surface area contributed by atoms with Crippen LogP contribution in [0.15, 0.2) is 18.2 Å². The lowest BCUT2D eigenvalue weighted by atomic mass is 10.1. The van der Waals surface area contributed by atoms with Crippen molar-refractivity contribution in [3.63, 3.8) is 0 Å². The van der Waals surface area contributed by atoms with Crippen molar-refractivity contribution < 1.29 is 14.0 Å². The van der Waals surface area contributed by atoms with E-state index in [4.69, 9.17) is 0 Å². The van der Waals surface area contributed by atoms with Gasteiger partial charge in [0, 0.05) is 12.5 Å². The van der Waals surface area contributed by atoms with E-state index in [0.29, 0.717) is 17.6 Å². The van der Waals surface area contributed by atoms with Crippen LogP contribution >= 0.6 is 11.8 Å². The fraction of sp³-hybridized carbons (Fsp3) is 0.167. The molecule has 0 atom stereocenters. The Labute approximate surface area is 97.2 Å². The van der Waals surface area contributed by atoms with Gasteiger partial charge in [0.05, 0.1) is 11.3 Å². The zero-order chi connectivity index (χ0) is 12.0. The molecule has 0 saturated heterocycles. The number of hydrogen-bond acceptors (Lipinski definition) is 3. The Hall–Kier alpha value is -1.60. The zero-order valence-electron chi connectivity index (χ0n) is 8.62. The number of hydrogen-bond donors (Lipinski definition) is 0. The first-order valence-electron chi connectivity index (χ1n) is 4.50. The second-order valence-corrected chi connectivity index (χ2v) is 4.09. The summed E-state index contributed by atoms with van der Waals surface area (Å²) in [5, 5.41) is -0.00298. The van der Waals surface area contributed by atoms with Crippen LogP contribution in [-0.2, 0) is 4.79 Å². The molecule has 1 aromatic carbocycles. The average molecular weight is 236 g/mol. The minimum absolute atomic E-state index is 0.00298. The Kier molecular flexibility index (Phi) is 4.74. The van der Waals surface area contributed by atoms with Crippen molar-refractivity contribution in [2.45, 2.75) is 6.92 Å². The van der Waals surface area contributed by atoms with E-state index in [1.165, 1.54) is 19.1 Å². The maximum absolute atomic E-state index is 13.1. The Morgan fingerprint density at radius 2 is 2.31 bits per heavy atom. The van der Waals surface area contributed by atoms with Gasteiger partial charge in [0.25, 0.3) is 0 Å². The molecule has 16 heavy (non-hydrogen) atoms. The number of carbonyl (C=O) groups is 2. The Balaban J connectivity index is 2.71. The number of aldehydes is 1. The summed E-state index contributed by atoms with van der Waals surface area (Å²) in [5.74, 6) is 5.25. The Morgan fingerprint density at radius 3 is 2.88 bits per heavy atom. The first-order chi connectivity index (χ1) is 7.63. The van der Waals surface area contributed by atoms with E-state index >= 15 is 0 Å². The quantitative estimate of drug-likeness (QED) is 0.583. The van der Waals surface area contributed by atoms with Crippen LogP contribution in [0.3, 0.4) is 0 Å². The summed E-state index contributed by atoms with van der Waals surface area (Å²) in [4.78, 5) is 20.9.